The maximum atomic E-state index is 10.4. The molecule has 0 aromatic heterocycles. The van der Waals surface area contributed by atoms with Crippen molar-refractivity contribution >= 4 is 16.8 Å². The lowest BCUT2D eigenvalue weighted by Crippen LogP contribution is -1.81. The van der Waals surface area contributed by atoms with Crippen molar-refractivity contribution in [3.63, 3.8) is 0 Å². The summed E-state index contributed by atoms with van der Waals surface area (Å²) in [6.45, 7) is 2.27. The van der Waals surface area contributed by atoms with Gasteiger partial charge in [0.25, 0.3) is 0 Å². The lowest BCUT2D eigenvalue weighted by atomic mass is 10.1. The first-order valence-electron chi connectivity index (χ1n) is 8.30. The number of rotatable bonds is 14. The standard InChI is InChI=1S/C18H31ClO/c1-2-3-4-5-6-7-8-9-10-11-12-13-14-15-16-17-18(19)20/h14-17H,2-13H2,1H3/b15-14+,17-16+. The SMILES string of the molecule is CCCCCCCCCCCCC/C=C/C=C/C(=O)Cl. The lowest BCUT2D eigenvalue weighted by Gasteiger charge is -2.01. The topological polar surface area (TPSA) is 17.1 Å². The van der Waals surface area contributed by atoms with Crippen LogP contribution in [-0.2, 0) is 4.79 Å². The molecule has 116 valence electrons. The molecule has 2 heteroatoms. The van der Waals surface area contributed by atoms with E-state index < -0.39 is 5.24 Å². The molecule has 0 aliphatic carbocycles. The zero-order chi connectivity index (χ0) is 14.9. The van der Waals surface area contributed by atoms with Gasteiger partial charge < -0.3 is 0 Å². The first-order chi connectivity index (χ1) is 9.77. The van der Waals surface area contributed by atoms with Crippen LogP contribution < -0.4 is 0 Å². The van der Waals surface area contributed by atoms with E-state index in [0.29, 0.717) is 0 Å². The average molecular weight is 299 g/mol. The Bertz CT molecular complexity index is 269. The number of allylic oxidation sites excluding steroid dienone is 4. The highest BCUT2D eigenvalue weighted by molar-refractivity contribution is 6.66. The predicted octanol–water partition coefficient (Wildman–Crippen LogP) is 6.57. The number of hydrogen-bond acceptors (Lipinski definition) is 1. The molecule has 0 aliphatic rings. The fraction of sp³-hybridized carbons (Fsp3) is 0.722. The molecule has 0 aromatic rings. The Hall–Kier alpha value is -0.560. The Kier molecular flexibility index (Phi) is 16.0. The molecule has 0 saturated heterocycles. The molecule has 0 spiro atoms. The van der Waals surface area contributed by atoms with Gasteiger partial charge in [-0.2, -0.15) is 0 Å². The van der Waals surface area contributed by atoms with Crippen LogP contribution in [-0.4, -0.2) is 5.24 Å². The van der Waals surface area contributed by atoms with Crippen LogP contribution in [0.25, 0.3) is 0 Å². The van der Waals surface area contributed by atoms with Gasteiger partial charge in [-0.05, 0) is 30.5 Å². The van der Waals surface area contributed by atoms with Crippen LogP contribution in [0.3, 0.4) is 0 Å². The highest BCUT2D eigenvalue weighted by atomic mass is 35.5. The zero-order valence-electron chi connectivity index (χ0n) is 13.1. The van der Waals surface area contributed by atoms with Gasteiger partial charge in [0.2, 0.25) is 5.24 Å². The second-order valence-electron chi connectivity index (χ2n) is 5.42. The highest BCUT2D eigenvalue weighted by Crippen LogP contribution is 2.11. The molecule has 0 heterocycles. The van der Waals surface area contributed by atoms with E-state index in [1.54, 1.807) is 6.08 Å². The summed E-state index contributed by atoms with van der Waals surface area (Å²) in [7, 11) is 0. The van der Waals surface area contributed by atoms with Gasteiger partial charge in [-0.25, -0.2) is 0 Å². The molecular formula is C18H31ClO. The van der Waals surface area contributed by atoms with Crippen molar-refractivity contribution in [3.05, 3.63) is 24.3 Å². The van der Waals surface area contributed by atoms with Crippen molar-refractivity contribution in [1.29, 1.82) is 0 Å². The molecule has 0 fully saturated rings. The van der Waals surface area contributed by atoms with E-state index in [-0.39, 0.29) is 0 Å². The molecule has 0 radical (unpaired) electrons. The van der Waals surface area contributed by atoms with Crippen LogP contribution in [0, 0.1) is 0 Å². The fourth-order valence-corrected chi connectivity index (χ4v) is 2.31. The third-order valence-corrected chi connectivity index (χ3v) is 3.57. The van der Waals surface area contributed by atoms with Crippen LogP contribution in [0.2, 0.25) is 0 Å². The molecule has 0 saturated carbocycles. The van der Waals surface area contributed by atoms with Crippen LogP contribution in [0.5, 0.6) is 0 Å². The van der Waals surface area contributed by atoms with Crippen molar-refractivity contribution < 1.29 is 4.79 Å². The molecule has 0 unspecified atom stereocenters. The summed E-state index contributed by atoms with van der Waals surface area (Å²) in [6, 6.07) is 0. The zero-order valence-corrected chi connectivity index (χ0v) is 13.8. The molecule has 0 aliphatic heterocycles. The minimum Gasteiger partial charge on any atom is -0.276 e. The average Bonchev–Trinajstić information content (AvgIpc) is 2.43. The first kappa shape index (κ1) is 19.4. The predicted molar refractivity (Wildman–Crippen MR) is 90.2 cm³/mol. The van der Waals surface area contributed by atoms with Gasteiger partial charge in [-0.3, -0.25) is 4.79 Å². The van der Waals surface area contributed by atoms with Gasteiger partial charge in [-0.15, -0.1) is 0 Å². The van der Waals surface area contributed by atoms with Gasteiger partial charge in [0.15, 0.2) is 0 Å². The molecule has 0 rings (SSSR count). The minimum absolute atomic E-state index is 0.413. The van der Waals surface area contributed by atoms with Gasteiger partial charge in [0.05, 0.1) is 0 Å². The number of carbonyl (C=O) groups is 1. The van der Waals surface area contributed by atoms with E-state index in [4.69, 9.17) is 11.6 Å². The molecule has 0 aromatic carbocycles. The summed E-state index contributed by atoms with van der Waals surface area (Å²) >= 11 is 5.18. The van der Waals surface area contributed by atoms with E-state index in [0.717, 1.165) is 6.42 Å². The van der Waals surface area contributed by atoms with E-state index in [2.05, 4.69) is 13.0 Å². The summed E-state index contributed by atoms with van der Waals surface area (Å²) in [4.78, 5) is 10.4. The van der Waals surface area contributed by atoms with E-state index in [1.165, 1.54) is 76.7 Å². The quantitative estimate of drug-likeness (QED) is 0.153. The first-order valence-corrected chi connectivity index (χ1v) is 8.68. The monoisotopic (exact) mass is 298 g/mol. The summed E-state index contributed by atoms with van der Waals surface area (Å²) in [5, 5.41) is -0.413. The van der Waals surface area contributed by atoms with E-state index in [1.807, 2.05) is 6.08 Å². The van der Waals surface area contributed by atoms with Crippen LogP contribution in [0.1, 0.15) is 84.0 Å². The minimum atomic E-state index is -0.413. The second kappa shape index (κ2) is 16.5. The summed E-state index contributed by atoms with van der Waals surface area (Å²) in [5.41, 5.74) is 0. The van der Waals surface area contributed by atoms with Crippen molar-refractivity contribution in [2.24, 2.45) is 0 Å². The third-order valence-electron chi connectivity index (χ3n) is 3.45. The van der Waals surface area contributed by atoms with Crippen molar-refractivity contribution in [2.45, 2.75) is 84.0 Å². The summed E-state index contributed by atoms with van der Waals surface area (Å²) in [5.74, 6) is 0. The Morgan fingerprint density at radius 1 is 0.800 bits per heavy atom. The number of unbranched alkanes of at least 4 members (excludes halogenated alkanes) is 11. The molecule has 20 heavy (non-hydrogen) atoms. The van der Waals surface area contributed by atoms with Gasteiger partial charge >= 0.3 is 0 Å². The maximum Gasteiger partial charge on any atom is 0.245 e. The van der Waals surface area contributed by atoms with Crippen molar-refractivity contribution in [2.75, 3.05) is 0 Å². The molecule has 0 bridgehead atoms. The maximum absolute atomic E-state index is 10.4. The Balaban J connectivity index is 3.11. The lowest BCUT2D eigenvalue weighted by molar-refractivity contribution is -0.107. The normalized spacial score (nSPS) is 11.7. The van der Waals surface area contributed by atoms with Gasteiger partial charge in [-0.1, -0.05) is 89.4 Å². The van der Waals surface area contributed by atoms with Crippen LogP contribution >= 0.6 is 11.6 Å². The van der Waals surface area contributed by atoms with Crippen LogP contribution in [0.15, 0.2) is 24.3 Å². The second-order valence-corrected chi connectivity index (χ2v) is 5.79. The highest BCUT2D eigenvalue weighted by Gasteiger charge is 1.92. The molecule has 0 atom stereocenters. The third kappa shape index (κ3) is 17.4. The largest absolute Gasteiger partial charge is 0.276 e. The van der Waals surface area contributed by atoms with Crippen LogP contribution in [0.4, 0.5) is 0 Å². The molecule has 0 amide bonds. The fourth-order valence-electron chi connectivity index (χ4n) is 2.23. The summed E-state index contributed by atoms with van der Waals surface area (Å²) < 4.78 is 0. The Labute approximate surface area is 130 Å². The smallest absolute Gasteiger partial charge is 0.245 e. The summed E-state index contributed by atoms with van der Waals surface area (Å²) in [6.07, 6.45) is 23.3. The van der Waals surface area contributed by atoms with Gasteiger partial charge in [0, 0.05) is 0 Å². The van der Waals surface area contributed by atoms with Gasteiger partial charge in [0.1, 0.15) is 0 Å². The molecule has 0 N–H and O–H groups in total. The number of halogens is 1. The number of hydrogen-bond donors (Lipinski definition) is 0. The Morgan fingerprint density at radius 3 is 1.80 bits per heavy atom. The van der Waals surface area contributed by atoms with Crippen molar-refractivity contribution in [3.8, 4) is 0 Å². The van der Waals surface area contributed by atoms with E-state index in [9.17, 15) is 4.79 Å². The van der Waals surface area contributed by atoms with E-state index >= 15 is 0 Å². The number of carbonyl (C=O) groups excluding carboxylic acids is 1. The van der Waals surface area contributed by atoms with Crippen molar-refractivity contribution in [1.82, 2.24) is 0 Å². The molecule has 1 nitrogen and oxygen atoms in total. The Morgan fingerprint density at radius 2 is 1.30 bits per heavy atom. The molecular weight excluding hydrogens is 268 g/mol.